The number of aryl methyl sites for hydroxylation is 2. The van der Waals surface area contributed by atoms with Gasteiger partial charge in [-0.3, -0.25) is 4.79 Å². The Morgan fingerprint density at radius 3 is 2.90 bits per heavy atom. The molecule has 0 bridgehead atoms. The third kappa shape index (κ3) is 4.23. The molecule has 2 aromatic heterocycles. The summed E-state index contributed by atoms with van der Waals surface area (Å²) in [7, 11) is 0. The molecule has 0 saturated carbocycles. The van der Waals surface area contributed by atoms with Crippen LogP contribution in [0.5, 0.6) is 0 Å². The highest BCUT2D eigenvalue weighted by Crippen LogP contribution is 2.29. The van der Waals surface area contributed by atoms with E-state index in [9.17, 15) is 4.79 Å². The standard InChI is InChI=1S/C24H24N4O2S/c1-15(17-11-10-16-6-2-3-7-18(16)12-17)26-22(29)14-31-24-28-27-23(30-24)20-13-25-21-9-5-4-8-19(20)21/h4-5,8-13,15,25H,2-3,6-7,14H2,1H3,(H,26,29). The summed E-state index contributed by atoms with van der Waals surface area (Å²) in [6.45, 7) is 2.02. The summed E-state index contributed by atoms with van der Waals surface area (Å²) in [5.41, 5.74) is 5.90. The predicted octanol–water partition coefficient (Wildman–Crippen LogP) is 5.07. The fourth-order valence-electron chi connectivity index (χ4n) is 4.14. The normalized spacial score (nSPS) is 14.4. The minimum Gasteiger partial charge on any atom is -0.411 e. The quantitative estimate of drug-likeness (QED) is 0.416. The Morgan fingerprint density at radius 1 is 1.16 bits per heavy atom. The van der Waals surface area contributed by atoms with Crippen LogP contribution in [-0.2, 0) is 17.6 Å². The van der Waals surface area contributed by atoms with Crippen LogP contribution < -0.4 is 5.32 Å². The second-order valence-corrected chi connectivity index (χ2v) is 8.86. The van der Waals surface area contributed by atoms with E-state index < -0.39 is 0 Å². The molecule has 5 rings (SSSR count). The lowest BCUT2D eigenvalue weighted by Crippen LogP contribution is -2.28. The number of H-pyrrole nitrogens is 1. The zero-order chi connectivity index (χ0) is 21.2. The van der Waals surface area contributed by atoms with Gasteiger partial charge in [-0.05, 0) is 55.4 Å². The predicted molar refractivity (Wildman–Crippen MR) is 122 cm³/mol. The third-order valence-corrected chi connectivity index (χ3v) is 6.62. The van der Waals surface area contributed by atoms with Gasteiger partial charge in [-0.2, -0.15) is 0 Å². The molecule has 2 aromatic carbocycles. The second kappa shape index (κ2) is 8.59. The Labute approximate surface area is 184 Å². The molecule has 6 nitrogen and oxygen atoms in total. The van der Waals surface area contributed by atoms with Gasteiger partial charge in [-0.1, -0.05) is 48.2 Å². The number of para-hydroxylation sites is 1. The molecule has 0 saturated heterocycles. The summed E-state index contributed by atoms with van der Waals surface area (Å²) < 4.78 is 5.78. The molecular formula is C24H24N4O2S. The van der Waals surface area contributed by atoms with E-state index in [0.717, 1.165) is 34.9 Å². The van der Waals surface area contributed by atoms with Crippen molar-refractivity contribution in [2.24, 2.45) is 0 Å². The maximum Gasteiger partial charge on any atom is 0.277 e. The minimum atomic E-state index is -0.0536. The number of fused-ring (bicyclic) bond motifs is 2. The number of thioether (sulfide) groups is 1. The molecule has 1 unspecified atom stereocenters. The van der Waals surface area contributed by atoms with Crippen molar-refractivity contribution in [1.82, 2.24) is 20.5 Å². The van der Waals surface area contributed by atoms with Crippen LogP contribution in [0.1, 0.15) is 42.5 Å². The molecule has 4 aromatic rings. The van der Waals surface area contributed by atoms with Crippen molar-refractivity contribution in [2.75, 3.05) is 5.75 Å². The summed E-state index contributed by atoms with van der Waals surface area (Å²) in [6, 6.07) is 14.5. The van der Waals surface area contributed by atoms with Gasteiger partial charge in [-0.25, -0.2) is 0 Å². The average Bonchev–Trinajstić information content (AvgIpc) is 3.44. The number of aromatic nitrogens is 3. The number of nitrogens with one attached hydrogen (secondary N) is 2. The Bertz CT molecular complexity index is 1230. The number of amides is 1. The van der Waals surface area contributed by atoms with E-state index in [1.807, 2.05) is 37.4 Å². The van der Waals surface area contributed by atoms with Crippen molar-refractivity contribution >= 4 is 28.6 Å². The Kier molecular flexibility index (Phi) is 5.51. The zero-order valence-electron chi connectivity index (χ0n) is 17.4. The molecule has 1 aliphatic carbocycles. The first kappa shape index (κ1) is 19.9. The van der Waals surface area contributed by atoms with E-state index in [-0.39, 0.29) is 17.7 Å². The van der Waals surface area contributed by atoms with E-state index in [1.165, 1.54) is 35.7 Å². The maximum atomic E-state index is 12.5. The van der Waals surface area contributed by atoms with Gasteiger partial charge in [0.2, 0.25) is 5.91 Å². The van der Waals surface area contributed by atoms with Gasteiger partial charge in [0, 0.05) is 17.1 Å². The van der Waals surface area contributed by atoms with Gasteiger partial charge >= 0.3 is 0 Å². The van der Waals surface area contributed by atoms with E-state index in [2.05, 4.69) is 38.7 Å². The van der Waals surface area contributed by atoms with Crippen LogP contribution in [0.15, 0.2) is 58.3 Å². The lowest BCUT2D eigenvalue weighted by molar-refractivity contribution is -0.119. The molecular weight excluding hydrogens is 408 g/mol. The number of hydrogen-bond donors (Lipinski definition) is 2. The molecule has 31 heavy (non-hydrogen) atoms. The summed E-state index contributed by atoms with van der Waals surface area (Å²) in [5, 5.41) is 12.7. The van der Waals surface area contributed by atoms with Crippen molar-refractivity contribution in [3.63, 3.8) is 0 Å². The van der Waals surface area contributed by atoms with Gasteiger partial charge in [0.25, 0.3) is 11.1 Å². The Hall–Kier alpha value is -3.06. The fraction of sp³-hybridized carbons (Fsp3) is 0.292. The average molecular weight is 433 g/mol. The SMILES string of the molecule is CC(NC(=O)CSc1nnc(-c2c[nH]c3ccccc23)o1)c1ccc2c(c1)CCCC2. The van der Waals surface area contributed by atoms with E-state index >= 15 is 0 Å². The van der Waals surface area contributed by atoms with Gasteiger partial charge in [0.15, 0.2) is 0 Å². The van der Waals surface area contributed by atoms with E-state index in [0.29, 0.717) is 11.1 Å². The molecule has 0 spiro atoms. The molecule has 1 aliphatic rings. The molecule has 1 amide bonds. The van der Waals surface area contributed by atoms with Crippen LogP contribution in [0, 0.1) is 0 Å². The van der Waals surface area contributed by atoms with Crippen LogP contribution in [0.25, 0.3) is 22.4 Å². The Balaban J connectivity index is 1.19. The molecule has 0 aliphatic heterocycles. The van der Waals surface area contributed by atoms with Crippen molar-refractivity contribution in [1.29, 1.82) is 0 Å². The molecule has 158 valence electrons. The Morgan fingerprint density at radius 2 is 2.00 bits per heavy atom. The highest BCUT2D eigenvalue weighted by atomic mass is 32.2. The number of hydrogen-bond acceptors (Lipinski definition) is 5. The number of rotatable bonds is 6. The second-order valence-electron chi connectivity index (χ2n) is 7.93. The highest BCUT2D eigenvalue weighted by Gasteiger charge is 2.17. The highest BCUT2D eigenvalue weighted by molar-refractivity contribution is 7.99. The number of aromatic amines is 1. The smallest absolute Gasteiger partial charge is 0.277 e. The van der Waals surface area contributed by atoms with Crippen LogP contribution in [-0.4, -0.2) is 26.8 Å². The lowest BCUT2D eigenvalue weighted by Gasteiger charge is -2.20. The van der Waals surface area contributed by atoms with Crippen molar-refractivity contribution < 1.29 is 9.21 Å². The topological polar surface area (TPSA) is 83.8 Å². The van der Waals surface area contributed by atoms with Crippen LogP contribution >= 0.6 is 11.8 Å². The van der Waals surface area contributed by atoms with Crippen LogP contribution in [0.2, 0.25) is 0 Å². The summed E-state index contributed by atoms with van der Waals surface area (Å²) in [4.78, 5) is 15.7. The maximum absolute atomic E-state index is 12.5. The molecule has 0 radical (unpaired) electrons. The van der Waals surface area contributed by atoms with Crippen molar-refractivity contribution in [2.45, 2.75) is 43.9 Å². The lowest BCUT2D eigenvalue weighted by atomic mass is 9.89. The van der Waals surface area contributed by atoms with Gasteiger partial charge in [0.1, 0.15) is 0 Å². The monoisotopic (exact) mass is 432 g/mol. The largest absolute Gasteiger partial charge is 0.411 e. The summed E-state index contributed by atoms with van der Waals surface area (Å²) >= 11 is 1.25. The molecule has 0 fully saturated rings. The molecule has 7 heteroatoms. The summed E-state index contributed by atoms with van der Waals surface area (Å²) in [5.74, 6) is 0.620. The number of carbonyl (C=O) groups is 1. The van der Waals surface area contributed by atoms with Crippen molar-refractivity contribution in [3.8, 4) is 11.5 Å². The number of nitrogens with zero attached hydrogens (tertiary/aromatic N) is 2. The van der Waals surface area contributed by atoms with Gasteiger partial charge in [-0.15, -0.1) is 10.2 Å². The van der Waals surface area contributed by atoms with E-state index in [1.54, 1.807) is 0 Å². The summed E-state index contributed by atoms with van der Waals surface area (Å²) in [6.07, 6.45) is 6.68. The fourth-order valence-corrected chi connectivity index (χ4v) is 4.72. The molecule has 2 N–H and O–H groups in total. The van der Waals surface area contributed by atoms with Gasteiger partial charge < -0.3 is 14.7 Å². The van der Waals surface area contributed by atoms with Gasteiger partial charge in [0.05, 0.1) is 17.4 Å². The van der Waals surface area contributed by atoms with Crippen LogP contribution in [0.3, 0.4) is 0 Å². The molecule has 2 heterocycles. The first-order valence-corrected chi connectivity index (χ1v) is 11.6. The third-order valence-electron chi connectivity index (χ3n) is 5.80. The van der Waals surface area contributed by atoms with Crippen molar-refractivity contribution in [3.05, 3.63) is 65.4 Å². The van der Waals surface area contributed by atoms with Crippen LogP contribution in [0.4, 0.5) is 0 Å². The number of carbonyl (C=O) groups excluding carboxylic acids is 1. The van der Waals surface area contributed by atoms with E-state index in [4.69, 9.17) is 4.42 Å². The zero-order valence-corrected chi connectivity index (χ0v) is 18.2. The minimum absolute atomic E-state index is 0.0372. The first-order chi connectivity index (χ1) is 15.2. The molecule has 1 atom stereocenters. The number of benzene rings is 2. The first-order valence-electron chi connectivity index (χ1n) is 10.6.